The molecule has 11 heteroatoms. The third-order valence-corrected chi connectivity index (χ3v) is 6.66. The van der Waals surface area contributed by atoms with Crippen molar-refractivity contribution < 1.29 is 32.3 Å². The monoisotopic (exact) mass is 569 g/mol. The number of thiocarbonyl (C=S) groups is 1. The molecular formula is C29H26F3N3O4S. The highest BCUT2D eigenvalue weighted by molar-refractivity contribution is 7.80. The van der Waals surface area contributed by atoms with E-state index in [0.29, 0.717) is 6.42 Å². The summed E-state index contributed by atoms with van der Waals surface area (Å²) in [7, 11) is 0. The van der Waals surface area contributed by atoms with E-state index in [1.165, 1.54) is 41.3 Å². The van der Waals surface area contributed by atoms with E-state index in [1.807, 2.05) is 30.3 Å². The van der Waals surface area contributed by atoms with Crippen LogP contribution in [0.1, 0.15) is 34.8 Å². The van der Waals surface area contributed by atoms with E-state index in [1.54, 1.807) is 6.92 Å². The Hall–Kier alpha value is -4.25. The summed E-state index contributed by atoms with van der Waals surface area (Å²) in [6, 6.07) is 18.9. The van der Waals surface area contributed by atoms with Gasteiger partial charge in [0.15, 0.2) is 5.11 Å². The summed E-state index contributed by atoms with van der Waals surface area (Å²) in [6.45, 7) is 2.12. The Bertz CT molecular complexity index is 1400. The molecule has 0 aromatic heterocycles. The SMILES string of the molecule is CCOC(=O)c1ccc(N2C(=O)CC(N(CCc3ccccc3)C(=S)Nc3cccc(C(F)(F)F)c3)C2=O)cc1. The third kappa shape index (κ3) is 6.66. The summed E-state index contributed by atoms with van der Waals surface area (Å²) in [5.41, 5.74) is 0.772. The van der Waals surface area contributed by atoms with Gasteiger partial charge in [-0.3, -0.25) is 9.59 Å². The molecule has 0 saturated carbocycles. The van der Waals surface area contributed by atoms with Gasteiger partial charge in [-0.2, -0.15) is 13.2 Å². The quantitative estimate of drug-likeness (QED) is 0.219. The lowest BCUT2D eigenvalue weighted by Crippen LogP contribution is -2.48. The number of alkyl halides is 3. The van der Waals surface area contributed by atoms with Crippen LogP contribution >= 0.6 is 12.2 Å². The zero-order valence-corrected chi connectivity index (χ0v) is 22.3. The van der Waals surface area contributed by atoms with Crippen molar-refractivity contribution in [2.75, 3.05) is 23.4 Å². The van der Waals surface area contributed by atoms with Crippen LogP contribution in [0.5, 0.6) is 0 Å². The Kier molecular flexibility index (Phi) is 8.83. The fourth-order valence-electron chi connectivity index (χ4n) is 4.35. The molecule has 1 aliphatic rings. The van der Waals surface area contributed by atoms with Gasteiger partial charge < -0.3 is 15.0 Å². The molecule has 1 aliphatic heterocycles. The van der Waals surface area contributed by atoms with E-state index in [-0.39, 0.29) is 41.6 Å². The van der Waals surface area contributed by atoms with Gasteiger partial charge in [0, 0.05) is 12.2 Å². The molecule has 1 heterocycles. The maximum absolute atomic E-state index is 13.6. The molecule has 208 valence electrons. The van der Waals surface area contributed by atoms with E-state index in [9.17, 15) is 27.6 Å². The average Bonchev–Trinajstić information content (AvgIpc) is 3.22. The molecule has 0 aliphatic carbocycles. The van der Waals surface area contributed by atoms with Crippen molar-refractivity contribution in [1.29, 1.82) is 0 Å². The molecule has 1 fully saturated rings. The van der Waals surface area contributed by atoms with Crippen molar-refractivity contribution in [2.24, 2.45) is 0 Å². The fourth-order valence-corrected chi connectivity index (χ4v) is 4.69. The number of hydrogen-bond donors (Lipinski definition) is 1. The van der Waals surface area contributed by atoms with Crippen LogP contribution < -0.4 is 10.2 Å². The van der Waals surface area contributed by atoms with Crippen LogP contribution in [0.25, 0.3) is 0 Å². The first-order chi connectivity index (χ1) is 19.1. The Morgan fingerprint density at radius 1 is 1.05 bits per heavy atom. The van der Waals surface area contributed by atoms with Crippen molar-refractivity contribution in [2.45, 2.75) is 32.0 Å². The molecule has 1 atom stereocenters. The number of anilines is 2. The second-order valence-corrected chi connectivity index (χ2v) is 9.38. The second kappa shape index (κ2) is 12.3. The highest BCUT2D eigenvalue weighted by Gasteiger charge is 2.43. The number of carbonyl (C=O) groups is 3. The standard InChI is InChI=1S/C29H26F3N3O4S/c1-2-39-27(38)20-11-13-23(14-12-20)35-25(36)18-24(26(35)37)34(16-15-19-7-4-3-5-8-19)28(40)33-22-10-6-9-21(17-22)29(30,31)32/h3-14,17,24H,2,15-16,18H2,1H3,(H,33,40). The first-order valence-electron chi connectivity index (χ1n) is 12.5. The van der Waals surface area contributed by atoms with Gasteiger partial charge in [0.2, 0.25) is 5.91 Å². The van der Waals surface area contributed by atoms with Crippen LogP contribution in [0, 0.1) is 0 Å². The summed E-state index contributed by atoms with van der Waals surface area (Å²) < 4.78 is 44.7. The normalized spacial score (nSPS) is 15.2. The first kappa shape index (κ1) is 28.8. The van der Waals surface area contributed by atoms with Crippen molar-refractivity contribution in [1.82, 2.24) is 4.90 Å². The lowest BCUT2D eigenvalue weighted by atomic mass is 10.1. The molecule has 40 heavy (non-hydrogen) atoms. The molecule has 0 radical (unpaired) electrons. The lowest BCUT2D eigenvalue weighted by Gasteiger charge is -2.30. The summed E-state index contributed by atoms with van der Waals surface area (Å²) in [4.78, 5) is 41.1. The van der Waals surface area contributed by atoms with Crippen LogP contribution in [0.4, 0.5) is 24.5 Å². The molecule has 2 amide bonds. The number of nitrogens with zero attached hydrogens (tertiary/aromatic N) is 2. The van der Waals surface area contributed by atoms with Crippen LogP contribution in [-0.4, -0.2) is 47.0 Å². The molecule has 4 rings (SSSR count). The number of imide groups is 1. The third-order valence-electron chi connectivity index (χ3n) is 6.32. The van der Waals surface area contributed by atoms with Crippen molar-refractivity contribution >= 4 is 46.5 Å². The van der Waals surface area contributed by atoms with E-state index in [2.05, 4.69) is 5.32 Å². The topological polar surface area (TPSA) is 79.0 Å². The van der Waals surface area contributed by atoms with Crippen LogP contribution in [0.15, 0.2) is 78.9 Å². The van der Waals surface area contributed by atoms with Crippen LogP contribution in [0.2, 0.25) is 0 Å². The summed E-state index contributed by atoms with van der Waals surface area (Å²) in [5.74, 6) is -1.52. The summed E-state index contributed by atoms with van der Waals surface area (Å²) >= 11 is 5.56. The molecule has 0 bridgehead atoms. The molecule has 0 spiro atoms. The average molecular weight is 570 g/mol. The number of hydrogen-bond acceptors (Lipinski definition) is 5. The molecule has 1 unspecified atom stereocenters. The molecule has 1 saturated heterocycles. The van der Waals surface area contributed by atoms with E-state index in [4.69, 9.17) is 17.0 Å². The van der Waals surface area contributed by atoms with Gasteiger partial charge in [0.05, 0.1) is 29.8 Å². The van der Waals surface area contributed by atoms with Gasteiger partial charge in [-0.25, -0.2) is 9.69 Å². The van der Waals surface area contributed by atoms with Crippen molar-refractivity contribution in [3.63, 3.8) is 0 Å². The van der Waals surface area contributed by atoms with Gasteiger partial charge in [0.1, 0.15) is 6.04 Å². The van der Waals surface area contributed by atoms with Crippen LogP contribution in [-0.2, 0) is 26.9 Å². The second-order valence-electron chi connectivity index (χ2n) is 8.99. The summed E-state index contributed by atoms with van der Waals surface area (Å²) in [6.07, 6.45) is -4.25. The van der Waals surface area contributed by atoms with Gasteiger partial charge in [0.25, 0.3) is 5.91 Å². The predicted molar refractivity (Wildman–Crippen MR) is 148 cm³/mol. The molecule has 1 N–H and O–H groups in total. The first-order valence-corrected chi connectivity index (χ1v) is 12.9. The van der Waals surface area contributed by atoms with Gasteiger partial charge >= 0.3 is 12.1 Å². The minimum absolute atomic E-state index is 0.0147. The Balaban J connectivity index is 1.58. The van der Waals surface area contributed by atoms with E-state index < -0.39 is 35.6 Å². The minimum Gasteiger partial charge on any atom is -0.462 e. The Morgan fingerprint density at radius 3 is 2.40 bits per heavy atom. The predicted octanol–water partition coefficient (Wildman–Crippen LogP) is 5.46. The number of amides is 2. The molecule has 3 aromatic carbocycles. The molecule has 7 nitrogen and oxygen atoms in total. The van der Waals surface area contributed by atoms with E-state index in [0.717, 1.165) is 22.6 Å². The maximum Gasteiger partial charge on any atom is 0.416 e. The number of benzene rings is 3. The number of carbonyl (C=O) groups excluding carboxylic acids is 3. The molecular weight excluding hydrogens is 543 g/mol. The number of nitrogens with one attached hydrogen (secondary N) is 1. The molecule has 3 aromatic rings. The Labute approximate surface area is 234 Å². The maximum atomic E-state index is 13.6. The van der Waals surface area contributed by atoms with Crippen molar-refractivity contribution in [3.8, 4) is 0 Å². The van der Waals surface area contributed by atoms with Crippen LogP contribution in [0.3, 0.4) is 0 Å². The Morgan fingerprint density at radius 2 is 1.75 bits per heavy atom. The number of rotatable bonds is 8. The lowest BCUT2D eigenvalue weighted by molar-refractivity contribution is -0.137. The van der Waals surface area contributed by atoms with Gasteiger partial charge in [-0.15, -0.1) is 0 Å². The zero-order chi connectivity index (χ0) is 28.9. The summed E-state index contributed by atoms with van der Waals surface area (Å²) in [5, 5.41) is 2.83. The smallest absolute Gasteiger partial charge is 0.416 e. The largest absolute Gasteiger partial charge is 0.462 e. The number of ether oxygens (including phenoxy) is 1. The zero-order valence-electron chi connectivity index (χ0n) is 21.5. The van der Waals surface area contributed by atoms with Gasteiger partial charge in [-0.1, -0.05) is 36.4 Å². The minimum atomic E-state index is -4.54. The van der Waals surface area contributed by atoms with Crippen molar-refractivity contribution in [3.05, 3.63) is 95.6 Å². The highest BCUT2D eigenvalue weighted by atomic mass is 32.1. The fraction of sp³-hybridized carbons (Fsp3) is 0.241. The van der Waals surface area contributed by atoms with E-state index >= 15 is 0 Å². The number of esters is 1. The number of halogens is 3. The van der Waals surface area contributed by atoms with Gasteiger partial charge in [-0.05, 0) is 73.6 Å². The highest BCUT2D eigenvalue weighted by Crippen LogP contribution is 2.31.